The lowest BCUT2D eigenvalue weighted by Crippen LogP contribution is -2.24. The van der Waals surface area contributed by atoms with Crippen LogP contribution in [0.15, 0.2) is 22.7 Å². The van der Waals surface area contributed by atoms with E-state index in [0.29, 0.717) is 24.3 Å². The van der Waals surface area contributed by atoms with E-state index in [1.807, 2.05) is 18.2 Å². The topological polar surface area (TPSA) is 52.3 Å². The Kier molecular flexibility index (Phi) is 5.95. The Morgan fingerprint density at radius 3 is 2.94 bits per heavy atom. The summed E-state index contributed by atoms with van der Waals surface area (Å²) in [7, 11) is 1.37. The fourth-order valence-corrected chi connectivity index (χ4v) is 2.09. The second-order valence-corrected chi connectivity index (χ2v) is 5.14. The van der Waals surface area contributed by atoms with E-state index in [4.69, 9.17) is 17.3 Å². The molecule has 17 heavy (non-hydrogen) atoms. The Labute approximate surface area is 114 Å². The van der Waals surface area contributed by atoms with E-state index in [1.165, 1.54) is 7.11 Å². The molecule has 0 saturated carbocycles. The molecular weight excluding hydrogens is 305 g/mol. The van der Waals surface area contributed by atoms with Crippen LogP contribution < -0.4 is 5.73 Å². The van der Waals surface area contributed by atoms with Gasteiger partial charge in [-0.15, -0.1) is 0 Å². The number of halogens is 2. The lowest BCUT2D eigenvalue weighted by atomic mass is 10.0. The maximum Gasteiger partial charge on any atom is 0.305 e. The summed E-state index contributed by atoms with van der Waals surface area (Å²) >= 11 is 9.45. The fraction of sp³-hybridized carbons (Fsp3) is 0.417. The summed E-state index contributed by atoms with van der Waals surface area (Å²) < 4.78 is 5.54. The second kappa shape index (κ2) is 6.99. The van der Waals surface area contributed by atoms with Gasteiger partial charge in [0.2, 0.25) is 0 Å². The molecule has 2 N–H and O–H groups in total. The summed E-state index contributed by atoms with van der Waals surface area (Å²) in [5, 5.41) is 0.696. The van der Waals surface area contributed by atoms with Gasteiger partial charge in [-0.05, 0) is 36.6 Å². The highest BCUT2D eigenvalue weighted by Crippen LogP contribution is 2.22. The first-order valence-corrected chi connectivity index (χ1v) is 6.46. The number of ether oxygens (including phenoxy) is 1. The predicted molar refractivity (Wildman–Crippen MR) is 72.1 cm³/mol. The Hall–Kier alpha value is -0.580. The van der Waals surface area contributed by atoms with Crippen LogP contribution in [0, 0.1) is 0 Å². The average molecular weight is 321 g/mol. The van der Waals surface area contributed by atoms with Gasteiger partial charge in [0, 0.05) is 22.0 Å². The molecule has 3 nitrogen and oxygen atoms in total. The molecule has 0 radical (unpaired) electrons. The second-order valence-electron chi connectivity index (χ2n) is 3.81. The van der Waals surface area contributed by atoms with Crippen LogP contribution >= 0.6 is 27.5 Å². The van der Waals surface area contributed by atoms with E-state index in [1.54, 1.807) is 0 Å². The number of benzene rings is 1. The zero-order valence-electron chi connectivity index (χ0n) is 9.58. The van der Waals surface area contributed by atoms with Gasteiger partial charge in [-0.2, -0.15) is 0 Å². The third-order valence-electron chi connectivity index (χ3n) is 2.44. The van der Waals surface area contributed by atoms with E-state index >= 15 is 0 Å². The lowest BCUT2D eigenvalue weighted by molar-refractivity contribution is -0.140. The summed E-state index contributed by atoms with van der Waals surface area (Å²) in [4.78, 5) is 11.0. The zero-order chi connectivity index (χ0) is 12.8. The third kappa shape index (κ3) is 5.06. The highest BCUT2D eigenvalue weighted by molar-refractivity contribution is 9.10. The van der Waals surface area contributed by atoms with Crippen molar-refractivity contribution in [3.63, 3.8) is 0 Å². The van der Waals surface area contributed by atoms with Crippen molar-refractivity contribution >= 4 is 33.5 Å². The molecule has 1 atom stereocenters. The smallest absolute Gasteiger partial charge is 0.305 e. The van der Waals surface area contributed by atoms with E-state index in [2.05, 4.69) is 20.7 Å². The van der Waals surface area contributed by atoms with Gasteiger partial charge in [-0.1, -0.05) is 27.5 Å². The van der Waals surface area contributed by atoms with Gasteiger partial charge in [0.25, 0.3) is 0 Å². The van der Waals surface area contributed by atoms with Gasteiger partial charge in [0.1, 0.15) is 0 Å². The SMILES string of the molecule is COC(=O)CCC(N)Cc1cc(Br)ccc1Cl. The molecular formula is C12H15BrClNO2. The van der Waals surface area contributed by atoms with Crippen molar-refractivity contribution in [1.29, 1.82) is 0 Å². The number of rotatable bonds is 5. The molecule has 0 spiro atoms. The first-order chi connectivity index (χ1) is 8.02. The van der Waals surface area contributed by atoms with Crippen molar-refractivity contribution in [2.75, 3.05) is 7.11 Å². The van der Waals surface area contributed by atoms with Gasteiger partial charge in [-0.25, -0.2) is 0 Å². The van der Waals surface area contributed by atoms with Crippen LogP contribution in [0.2, 0.25) is 5.02 Å². The van der Waals surface area contributed by atoms with Crippen LogP contribution in [0.25, 0.3) is 0 Å². The monoisotopic (exact) mass is 319 g/mol. The molecule has 1 unspecified atom stereocenters. The fourth-order valence-electron chi connectivity index (χ4n) is 1.49. The molecule has 1 rings (SSSR count). The van der Waals surface area contributed by atoms with Crippen LogP contribution in [-0.4, -0.2) is 19.1 Å². The Morgan fingerprint density at radius 1 is 1.59 bits per heavy atom. The van der Waals surface area contributed by atoms with Crippen LogP contribution in [0.5, 0.6) is 0 Å². The van der Waals surface area contributed by atoms with E-state index < -0.39 is 0 Å². The molecule has 5 heteroatoms. The largest absolute Gasteiger partial charge is 0.469 e. The Balaban J connectivity index is 2.52. The minimum Gasteiger partial charge on any atom is -0.469 e. The third-order valence-corrected chi connectivity index (χ3v) is 3.30. The molecule has 0 aliphatic heterocycles. The van der Waals surface area contributed by atoms with Crippen molar-refractivity contribution in [3.05, 3.63) is 33.3 Å². The van der Waals surface area contributed by atoms with Gasteiger partial charge in [0.05, 0.1) is 7.11 Å². The van der Waals surface area contributed by atoms with E-state index in [0.717, 1.165) is 10.0 Å². The molecule has 0 heterocycles. The number of carbonyl (C=O) groups is 1. The van der Waals surface area contributed by atoms with Crippen molar-refractivity contribution in [3.8, 4) is 0 Å². The van der Waals surface area contributed by atoms with Gasteiger partial charge < -0.3 is 10.5 Å². The highest BCUT2D eigenvalue weighted by Gasteiger charge is 2.10. The molecule has 0 amide bonds. The first kappa shape index (κ1) is 14.5. The van der Waals surface area contributed by atoms with E-state index in [-0.39, 0.29) is 12.0 Å². The minimum atomic E-state index is -0.235. The number of hydrogen-bond donors (Lipinski definition) is 1. The van der Waals surface area contributed by atoms with Crippen molar-refractivity contribution in [1.82, 2.24) is 0 Å². The maximum atomic E-state index is 11.0. The number of methoxy groups -OCH3 is 1. The van der Waals surface area contributed by atoms with Crippen LogP contribution in [0.4, 0.5) is 0 Å². The summed E-state index contributed by atoms with van der Waals surface area (Å²) in [6.45, 7) is 0. The molecule has 94 valence electrons. The van der Waals surface area contributed by atoms with Crippen molar-refractivity contribution in [2.45, 2.75) is 25.3 Å². The van der Waals surface area contributed by atoms with Crippen LogP contribution in [-0.2, 0) is 16.0 Å². The maximum absolute atomic E-state index is 11.0. The lowest BCUT2D eigenvalue weighted by Gasteiger charge is -2.12. The van der Waals surface area contributed by atoms with Crippen molar-refractivity contribution < 1.29 is 9.53 Å². The highest BCUT2D eigenvalue weighted by atomic mass is 79.9. The summed E-state index contributed by atoms with van der Waals surface area (Å²) in [5.74, 6) is -0.235. The van der Waals surface area contributed by atoms with Gasteiger partial charge in [-0.3, -0.25) is 4.79 Å². The molecule has 0 aliphatic carbocycles. The summed E-state index contributed by atoms with van der Waals surface area (Å²) in [6.07, 6.45) is 1.58. The molecule has 1 aromatic carbocycles. The Morgan fingerprint density at radius 2 is 2.29 bits per heavy atom. The summed E-state index contributed by atoms with van der Waals surface area (Å²) in [6, 6.07) is 5.56. The van der Waals surface area contributed by atoms with Crippen molar-refractivity contribution in [2.24, 2.45) is 5.73 Å². The minimum absolute atomic E-state index is 0.0964. The number of nitrogens with two attached hydrogens (primary N) is 1. The average Bonchev–Trinajstić information content (AvgIpc) is 2.30. The molecule has 0 aliphatic rings. The quantitative estimate of drug-likeness (QED) is 0.849. The predicted octanol–water partition coefficient (Wildman–Crippen LogP) is 2.93. The number of hydrogen-bond acceptors (Lipinski definition) is 3. The molecule has 0 saturated heterocycles. The Bertz CT molecular complexity index is 398. The van der Waals surface area contributed by atoms with Crippen LogP contribution in [0.1, 0.15) is 18.4 Å². The van der Waals surface area contributed by atoms with E-state index in [9.17, 15) is 4.79 Å². The van der Waals surface area contributed by atoms with Gasteiger partial charge >= 0.3 is 5.97 Å². The number of carbonyl (C=O) groups excluding carboxylic acids is 1. The molecule has 0 bridgehead atoms. The number of esters is 1. The molecule has 1 aromatic rings. The van der Waals surface area contributed by atoms with Crippen LogP contribution in [0.3, 0.4) is 0 Å². The molecule has 0 aromatic heterocycles. The van der Waals surface area contributed by atoms with Gasteiger partial charge in [0.15, 0.2) is 0 Å². The summed E-state index contributed by atoms with van der Waals surface area (Å²) in [5.41, 5.74) is 6.93. The first-order valence-electron chi connectivity index (χ1n) is 5.29. The molecule has 0 fully saturated rings. The standard InChI is InChI=1S/C12H15BrClNO2/c1-17-12(16)5-3-10(15)7-8-6-9(13)2-4-11(8)14/h2,4,6,10H,3,5,7,15H2,1H3. The normalized spacial score (nSPS) is 12.2. The zero-order valence-corrected chi connectivity index (χ0v) is 11.9.